The molecule has 3 rings (SSSR count). The van der Waals surface area contributed by atoms with Crippen molar-refractivity contribution in [1.82, 2.24) is 14.9 Å². The quantitative estimate of drug-likeness (QED) is 0.821. The molecule has 1 aromatic heterocycles. The zero-order chi connectivity index (χ0) is 16.2. The minimum atomic E-state index is -0.962. The number of carbonyl (C=O) groups is 2. The summed E-state index contributed by atoms with van der Waals surface area (Å²) in [6, 6.07) is 9.22. The Morgan fingerprint density at radius 2 is 2.09 bits per heavy atom. The second-order valence-corrected chi connectivity index (χ2v) is 6.14. The maximum atomic E-state index is 12.4. The van der Waals surface area contributed by atoms with E-state index in [-0.39, 0.29) is 11.9 Å². The Hall–Kier alpha value is -2.28. The molecule has 23 heavy (non-hydrogen) atoms. The van der Waals surface area contributed by atoms with Crippen LogP contribution in [0.5, 0.6) is 0 Å². The topological polar surface area (TPSA) is 81.2 Å². The molecule has 1 saturated carbocycles. The standard InChI is InChI=1S/C16H17N3O3S/c1-2-12-14(23-19-18-12)16(21)22-13(10-6-4-3-5-7-10)15(20)17-11-8-9-11/h3-7,11,13H,2,8-9H2,1H3,(H,17,20)/t13-/m1/s1. The Morgan fingerprint density at radius 1 is 1.35 bits per heavy atom. The molecule has 1 aromatic carbocycles. The summed E-state index contributed by atoms with van der Waals surface area (Å²) in [7, 11) is 0. The number of aromatic nitrogens is 2. The lowest BCUT2D eigenvalue weighted by molar-refractivity contribution is -0.130. The molecule has 1 amide bonds. The van der Waals surface area contributed by atoms with Crippen LogP contribution >= 0.6 is 11.5 Å². The molecule has 0 bridgehead atoms. The first-order chi connectivity index (χ1) is 11.2. The highest BCUT2D eigenvalue weighted by molar-refractivity contribution is 7.07. The van der Waals surface area contributed by atoms with Crippen LogP contribution in [0.1, 0.15) is 46.8 Å². The van der Waals surface area contributed by atoms with E-state index in [4.69, 9.17) is 4.74 Å². The van der Waals surface area contributed by atoms with Gasteiger partial charge < -0.3 is 10.1 Å². The fourth-order valence-corrected chi connectivity index (χ4v) is 2.80. The molecule has 1 aliphatic carbocycles. The molecule has 2 aromatic rings. The number of carbonyl (C=O) groups excluding carboxylic acids is 2. The smallest absolute Gasteiger partial charge is 0.353 e. The van der Waals surface area contributed by atoms with E-state index in [0.29, 0.717) is 22.6 Å². The van der Waals surface area contributed by atoms with Crippen molar-refractivity contribution in [3.8, 4) is 0 Å². The molecule has 0 saturated heterocycles. The molecule has 1 fully saturated rings. The van der Waals surface area contributed by atoms with Gasteiger partial charge in [-0.3, -0.25) is 4.79 Å². The summed E-state index contributed by atoms with van der Waals surface area (Å²) >= 11 is 0.990. The van der Waals surface area contributed by atoms with E-state index < -0.39 is 12.1 Å². The molecular weight excluding hydrogens is 314 g/mol. The van der Waals surface area contributed by atoms with E-state index in [1.54, 1.807) is 12.1 Å². The van der Waals surface area contributed by atoms with Gasteiger partial charge in [-0.1, -0.05) is 41.7 Å². The monoisotopic (exact) mass is 331 g/mol. The van der Waals surface area contributed by atoms with Crippen molar-refractivity contribution >= 4 is 23.4 Å². The fraction of sp³-hybridized carbons (Fsp3) is 0.375. The van der Waals surface area contributed by atoms with Crippen LogP contribution in [-0.2, 0) is 16.0 Å². The van der Waals surface area contributed by atoms with Gasteiger partial charge in [0, 0.05) is 11.6 Å². The lowest BCUT2D eigenvalue weighted by atomic mass is 10.1. The van der Waals surface area contributed by atoms with Crippen LogP contribution < -0.4 is 5.32 Å². The summed E-state index contributed by atoms with van der Waals surface area (Å²) in [5.74, 6) is -0.848. The first kappa shape index (κ1) is 15.6. The summed E-state index contributed by atoms with van der Waals surface area (Å²) in [4.78, 5) is 25.2. The number of rotatable bonds is 6. The Balaban J connectivity index is 1.80. The highest BCUT2D eigenvalue weighted by Gasteiger charge is 2.32. The zero-order valence-electron chi connectivity index (χ0n) is 12.7. The Kier molecular flexibility index (Phi) is 4.66. The van der Waals surface area contributed by atoms with Crippen LogP contribution in [0.15, 0.2) is 30.3 Å². The van der Waals surface area contributed by atoms with E-state index >= 15 is 0 Å². The number of amides is 1. The first-order valence-electron chi connectivity index (χ1n) is 7.56. The Labute approximate surface area is 138 Å². The molecular formula is C16H17N3O3S. The van der Waals surface area contributed by atoms with E-state index in [1.165, 1.54) is 0 Å². The van der Waals surface area contributed by atoms with Crippen molar-refractivity contribution in [2.75, 3.05) is 0 Å². The largest absolute Gasteiger partial charge is 0.443 e. The molecule has 1 heterocycles. The Bertz CT molecular complexity index is 698. The number of hydrogen-bond donors (Lipinski definition) is 1. The average Bonchev–Trinajstić information content (AvgIpc) is 3.25. The number of ether oxygens (including phenoxy) is 1. The number of aryl methyl sites for hydroxylation is 1. The fourth-order valence-electron chi connectivity index (χ4n) is 2.16. The third-order valence-corrected chi connectivity index (χ3v) is 4.31. The third kappa shape index (κ3) is 3.73. The maximum absolute atomic E-state index is 12.4. The highest BCUT2D eigenvalue weighted by Crippen LogP contribution is 2.25. The molecule has 0 unspecified atom stereocenters. The summed E-state index contributed by atoms with van der Waals surface area (Å²) in [5, 5.41) is 6.79. The molecule has 120 valence electrons. The third-order valence-electron chi connectivity index (χ3n) is 3.57. The summed E-state index contributed by atoms with van der Waals surface area (Å²) in [5.41, 5.74) is 1.24. The van der Waals surface area contributed by atoms with E-state index in [2.05, 4.69) is 14.9 Å². The van der Waals surface area contributed by atoms with Crippen LogP contribution in [0.2, 0.25) is 0 Å². The second kappa shape index (κ2) is 6.87. The van der Waals surface area contributed by atoms with Gasteiger partial charge in [-0.15, -0.1) is 5.10 Å². The van der Waals surface area contributed by atoms with E-state index in [1.807, 2.05) is 25.1 Å². The van der Waals surface area contributed by atoms with E-state index in [0.717, 1.165) is 24.4 Å². The molecule has 0 aliphatic heterocycles. The van der Waals surface area contributed by atoms with Crippen LogP contribution in [0.3, 0.4) is 0 Å². The van der Waals surface area contributed by atoms with Crippen LogP contribution in [0, 0.1) is 0 Å². The van der Waals surface area contributed by atoms with Gasteiger partial charge >= 0.3 is 5.97 Å². The van der Waals surface area contributed by atoms with Crippen molar-refractivity contribution in [3.05, 3.63) is 46.5 Å². The van der Waals surface area contributed by atoms with E-state index in [9.17, 15) is 9.59 Å². The minimum absolute atomic E-state index is 0.198. The van der Waals surface area contributed by atoms with Crippen LogP contribution in [0.4, 0.5) is 0 Å². The molecule has 6 nitrogen and oxygen atoms in total. The molecule has 7 heteroatoms. The Morgan fingerprint density at radius 3 is 2.74 bits per heavy atom. The van der Waals surface area contributed by atoms with Gasteiger partial charge in [0.05, 0.1) is 5.69 Å². The van der Waals surface area contributed by atoms with Crippen molar-refractivity contribution in [3.63, 3.8) is 0 Å². The molecule has 1 aliphatic rings. The molecule has 1 N–H and O–H groups in total. The van der Waals surface area contributed by atoms with Crippen molar-refractivity contribution in [2.24, 2.45) is 0 Å². The SMILES string of the molecule is CCc1nnsc1C(=O)O[C@@H](C(=O)NC1CC1)c1ccccc1. The number of hydrogen-bond acceptors (Lipinski definition) is 6. The summed E-state index contributed by atoms with van der Waals surface area (Å²) in [6.07, 6.45) is 1.57. The van der Waals surface area contributed by atoms with Gasteiger partial charge in [0.1, 0.15) is 0 Å². The van der Waals surface area contributed by atoms with Crippen LogP contribution in [0.25, 0.3) is 0 Å². The van der Waals surface area contributed by atoms with Crippen molar-refractivity contribution in [2.45, 2.75) is 38.3 Å². The lowest BCUT2D eigenvalue weighted by Gasteiger charge is -2.17. The van der Waals surface area contributed by atoms with Crippen molar-refractivity contribution < 1.29 is 14.3 Å². The van der Waals surface area contributed by atoms with Gasteiger partial charge in [0.25, 0.3) is 5.91 Å². The average molecular weight is 331 g/mol. The van der Waals surface area contributed by atoms with Gasteiger partial charge in [-0.2, -0.15) is 0 Å². The minimum Gasteiger partial charge on any atom is -0.443 e. The highest BCUT2D eigenvalue weighted by atomic mass is 32.1. The molecule has 0 spiro atoms. The normalized spacial score (nSPS) is 15.0. The maximum Gasteiger partial charge on any atom is 0.353 e. The second-order valence-electron chi connectivity index (χ2n) is 5.38. The lowest BCUT2D eigenvalue weighted by Crippen LogP contribution is -2.33. The molecule has 0 radical (unpaired) electrons. The predicted molar refractivity (Wildman–Crippen MR) is 85.1 cm³/mol. The van der Waals surface area contributed by atoms with Gasteiger partial charge in [-0.25, -0.2) is 4.79 Å². The molecule has 1 atom stereocenters. The van der Waals surface area contributed by atoms with Crippen molar-refractivity contribution in [1.29, 1.82) is 0 Å². The summed E-state index contributed by atoms with van der Waals surface area (Å²) < 4.78 is 9.28. The number of nitrogens with zero attached hydrogens (tertiary/aromatic N) is 2. The predicted octanol–water partition coefficient (Wildman–Crippen LogP) is 2.28. The number of nitrogens with one attached hydrogen (secondary N) is 1. The number of benzene rings is 1. The first-order valence-corrected chi connectivity index (χ1v) is 8.34. The zero-order valence-corrected chi connectivity index (χ0v) is 13.5. The van der Waals surface area contributed by atoms with Gasteiger partial charge in [-0.05, 0) is 30.8 Å². The van der Waals surface area contributed by atoms with Gasteiger partial charge in [0.15, 0.2) is 4.88 Å². The summed E-state index contributed by atoms with van der Waals surface area (Å²) in [6.45, 7) is 1.89. The van der Waals surface area contributed by atoms with Gasteiger partial charge in [0.2, 0.25) is 6.10 Å². The van der Waals surface area contributed by atoms with Crippen LogP contribution in [-0.4, -0.2) is 27.5 Å². The number of esters is 1.